The van der Waals surface area contributed by atoms with Gasteiger partial charge in [0.2, 0.25) is 0 Å². The summed E-state index contributed by atoms with van der Waals surface area (Å²) in [4.78, 5) is 0. The van der Waals surface area contributed by atoms with Gasteiger partial charge in [-0.1, -0.05) is 34.1 Å². The van der Waals surface area contributed by atoms with Crippen LogP contribution in [-0.4, -0.2) is 0 Å². The summed E-state index contributed by atoms with van der Waals surface area (Å²) in [5.41, 5.74) is 0.451. The van der Waals surface area contributed by atoms with Crippen molar-refractivity contribution in [3.05, 3.63) is 64.1 Å². The Balaban J connectivity index is 2.20. The Morgan fingerprint density at radius 2 is 1.76 bits per heavy atom. The summed E-state index contributed by atoms with van der Waals surface area (Å²) >= 11 is 3.31. The van der Waals surface area contributed by atoms with Crippen molar-refractivity contribution in [1.82, 2.24) is 0 Å². The SMILES string of the molecule is N#CC(Nc1cccc(Br)c1)c1ccc(C(F)(F)F)cc1. The summed E-state index contributed by atoms with van der Waals surface area (Å²) in [6, 6.07) is 13.1. The highest BCUT2D eigenvalue weighted by molar-refractivity contribution is 9.10. The number of nitrogens with zero attached hydrogens (tertiary/aromatic N) is 1. The lowest BCUT2D eigenvalue weighted by molar-refractivity contribution is -0.137. The van der Waals surface area contributed by atoms with Gasteiger partial charge in [-0.2, -0.15) is 18.4 Å². The summed E-state index contributed by atoms with van der Waals surface area (Å²) in [6.07, 6.45) is -4.38. The molecule has 6 heteroatoms. The standard InChI is InChI=1S/C15H10BrF3N2/c16-12-2-1-3-13(8-12)21-14(9-20)10-4-6-11(7-5-10)15(17,18)19/h1-8,14,21H. The number of alkyl halides is 3. The van der Waals surface area contributed by atoms with Gasteiger partial charge in [0.25, 0.3) is 0 Å². The minimum atomic E-state index is -4.38. The van der Waals surface area contributed by atoms with Crippen molar-refractivity contribution in [2.75, 3.05) is 5.32 Å². The predicted molar refractivity (Wildman–Crippen MR) is 77.6 cm³/mol. The van der Waals surface area contributed by atoms with Crippen LogP contribution in [0.5, 0.6) is 0 Å². The van der Waals surface area contributed by atoms with E-state index in [4.69, 9.17) is 0 Å². The molecule has 0 aromatic heterocycles. The second-order valence-electron chi connectivity index (χ2n) is 4.34. The van der Waals surface area contributed by atoms with E-state index in [1.54, 1.807) is 18.2 Å². The molecule has 0 radical (unpaired) electrons. The summed E-state index contributed by atoms with van der Waals surface area (Å²) < 4.78 is 38.4. The van der Waals surface area contributed by atoms with Crippen LogP contribution in [0.2, 0.25) is 0 Å². The van der Waals surface area contributed by atoms with E-state index >= 15 is 0 Å². The van der Waals surface area contributed by atoms with Crippen molar-refractivity contribution < 1.29 is 13.2 Å². The van der Waals surface area contributed by atoms with Crippen LogP contribution in [0.1, 0.15) is 17.2 Å². The first kappa shape index (κ1) is 15.4. The quantitative estimate of drug-likeness (QED) is 0.827. The van der Waals surface area contributed by atoms with Crippen molar-refractivity contribution >= 4 is 21.6 Å². The molecule has 0 fully saturated rings. The smallest absolute Gasteiger partial charge is 0.366 e. The fourth-order valence-electron chi connectivity index (χ4n) is 1.80. The molecule has 0 saturated heterocycles. The van der Waals surface area contributed by atoms with E-state index in [0.29, 0.717) is 11.3 Å². The maximum atomic E-state index is 12.5. The number of nitriles is 1. The average Bonchev–Trinajstić information content (AvgIpc) is 2.44. The molecule has 0 saturated carbocycles. The molecule has 2 rings (SSSR count). The van der Waals surface area contributed by atoms with Gasteiger partial charge < -0.3 is 5.32 Å². The summed E-state index contributed by atoms with van der Waals surface area (Å²) in [5, 5.41) is 12.2. The lowest BCUT2D eigenvalue weighted by Crippen LogP contribution is -2.10. The van der Waals surface area contributed by atoms with Crippen molar-refractivity contribution in [2.24, 2.45) is 0 Å². The molecule has 2 aromatic rings. The monoisotopic (exact) mass is 354 g/mol. The minimum Gasteiger partial charge on any atom is -0.366 e. The molecule has 1 atom stereocenters. The Hall–Kier alpha value is -2.00. The average molecular weight is 355 g/mol. The molecule has 0 amide bonds. The number of anilines is 1. The van der Waals surface area contributed by atoms with E-state index in [2.05, 4.69) is 21.2 Å². The maximum Gasteiger partial charge on any atom is 0.416 e. The molecular weight excluding hydrogens is 345 g/mol. The van der Waals surface area contributed by atoms with E-state index in [9.17, 15) is 18.4 Å². The Labute approximate surface area is 128 Å². The lowest BCUT2D eigenvalue weighted by atomic mass is 10.1. The Bertz CT molecular complexity index is 660. The van der Waals surface area contributed by atoms with Crippen LogP contribution in [0.15, 0.2) is 53.0 Å². The number of hydrogen-bond acceptors (Lipinski definition) is 2. The minimum absolute atomic E-state index is 0.477. The van der Waals surface area contributed by atoms with Gasteiger partial charge in [-0.3, -0.25) is 0 Å². The predicted octanol–water partition coefficient (Wildman–Crippen LogP) is 5.14. The Morgan fingerprint density at radius 3 is 2.29 bits per heavy atom. The first-order valence-electron chi connectivity index (χ1n) is 5.99. The molecule has 2 aromatic carbocycles. The van der Waals surface area contributed by atoms with Gasteiger partial charge in [-0.15, -0.1) is 0 Å². The lowest BCUT2D eigenvalue weighted by Gasteiger charge is -2.14. The van der Waals surface area contributed by atoms with Gasteiger partial charge in [0.1, 0.15) is 6.04 Å². The Kier molecular flexibility index (Phi) is 4.53. The number of rotatable bonds is 3. The third kappa shape index (κ3) is 3.99. The molecule has 1 unspecified atom stereocenters. The molecule has 21 heavy (non-hydrogen) atoms. The second-order valence-corrected chi connectivity index (χ2v) is 5.25. The molecule has 0 aliphatic heterocycles. The molecule has 1 N–H and O–H groups in total. The number of halogens is 4. The van der Waals surface area contributed by atoms with Crippen molar-refractivity contribution in [1.29, 1.82) is 5.26 Å². The molecule has 0 spiro atoms. The first-order chi connectivity index (χ1) is 9.90. The van der Waals surface area contributed by atoms with Gasteiger partial charge in [-0.05, 0) is 35.9 Å². The van der Waals surface area contributed by atoms with E-state index < -0.39 is 17.8 Å². The van der Waals surface area contributed by atoms with Crippen LogP contribution in [0.25, 0.3) is 0 Å². The van der Waals surface area contributed by atoms with Crippen molar-refractivity contribution in [2.45, 2.75) is 12.2 Å². The van der Waals surface area contributed by atoms with Gasteiger partial charge >= 0.3 is 6.18 Å². The van der Waals surface area contributed by atoms with Crippen LogP contribution in [-0.2, 0) is 6.18 Å². The molecule has 0 aliphatic rings. The van der Waals surface area contributed by atoms with E-state index in [1.807, 2.05) is 12.1 Å². The van der Waals surface area contributed by atoms with Gasteiger partial charge in [-0.25, -0.2) is 0 Å². The van der Waals surface area contributed by atoms with Gasteiger partial charge in [0.05, 0.1) is 11.6 Å². The molecule has 0 heterocycles. The van der Waals surface area contributed by atoms with Crippen LogP contribution in [0.4, 0.5) is 18.9 Å². The fraction of sp³-hybridized carbons (Fsp3) is 0.133. The number of hydrogen-bond donors (Lipinski definition) is 1. The largest absolute Gasteiger partial charge is 0.416 e. The van der Waals surface area contributed by atoms with Crippen LogP contribution >= 0.6 is 15.9 Å². The molecular formula is C15H10BrF3N2. The first-order valence-corrected chi connectivity index (χ1v) is 6.78. The van der Waals surface area contributed by atoms with Crippen molar-refractivity contribution in [3.8, 4) is 6.07 Å². The summed E-state index contributed by atoms with van der Waals surface area (Å²) in [6.45, 7) is 0. The van der Waals surface area contributed by atoms with E-state index in [0.717, 1.165) is 16.6 Å². The van der Waals surface area contributed by atoms with Crippen LogP contribution < -0.4 is 5.32 Å². The zero-order chi connectivity index (χ0) is 15.5. The van der Waals surface area contributed by atoms with Crippen LogP contribution in [0.3, 0.4) is 0 Å². The third-order valence-corrected chi connectivity index (χ3v) is 3.33. The van der Waals surface area contributed by atoms with Crippen LogP contribution in [0, 0.1) is 11.3 Å². The van der Waals surface area contributed by atoms with E-state index in [-0.39, 0.29) is 0 Å². The molecule has 108 valence electrons. The highest BCUT2D eigenvalue weighted by Gasteiger charge is 2.30. The Morgan fingerprint density at radius 1 is 1.10 bits per heavy atom. The van der Waals surface area contributed by atoms with Gasteiger partial charge in [0.15, 0.2) is 0 Å². The molecule has 0 bridgehead atoms. The topological polar surface area (TPSA) is 35.8 Å². The number of nitrogens with one attached hydrogen (secondary N) is 1. The highest BCUT2D eigenvalue weighted by atomic mass is 79.9. The fourth-order valence-corrected chi connectivity index (χ4v) is 2.20. The molecule has 0 aliphatic carbocycles. The summed E-state index contributed by atoms with van der Waals surface area (Å²) in [7, 11) is 0. The van der Waals surface area contributed by atoms with E-state index in [1.165, 1.54) is 12.1 Å². The number of benzene rings is 2. The third-order valence-electron chi connectivity index (χ3n) is 2.84. The summed E-state index contributed by atoms with van der Waals surface area (Å²) in [5.74, 6) is 0. The maximum absolute atomic E-state index is 12.5. The molecule has 2 nitrogen and oxygen atoms in total. The normalized spacial score (nSPS) is 12.5. The zero-order valence-corrected chi connectivity index (χ0v) is 12.2. The second kappa shape index (κ2) is 6.19. The highest BCUT2D eigenvalue weighted by Crippen LogP contribution is 2.30. The van der Waals surface area contributed by atoms with Gasteiger partial charge in [0, 0.05) is 10.2 Å². The zero-order valence-electron chi connectivity index (χ0n) is 10.7. The van der Waals surface area contributed by atoms with Crippen molar-refractivity contribution in [3.63, 3.8) is 0 Å².